The van der Waals surface area contributed by atoms with Gasteiger partial charge >= 0.3 is 5.97 Å². The molecule has 0 aliphatic heterocycles. The average molecular weight is 331 g/mol. The first-order chi connectivity index (χ1) is 11.7. The molecule has 0 saturated carbocycles. The van der Waals surface area contributed by atoms with Gasteiger partial charge < -0.3 is 4.74 Å². The van der Waals surface area contributed by atoms with E-state index in [2.05, 4.69) is 13.0 Å². The lowest BCUT2D eigenvalue weighted by atomic mass is 10.1. The van der Waals surface area contributed by atoms with Crippen LogP contribution in [0.4, 0.5) is 0 Å². The van der Waals surface area contributed by atoms with Crippen LogP contribution in [-0.4, -0.2) is 17.1 Å². The summed E-state index contributed by atoms with van der Waals surface area (Å²) in [7, 11) is 1.99. The van der Waals surface area contributed by atoms with Crippen molar-refractivity contribution in [3.8, 4) is 0 Å². The monoisotopic (exact) mass is 331 g/mol. The fourth-order valence-corrected chi connectivity index (χ4v) is 3.07. The first-order valence-electron chi connectivity index (χ1n) is 9.31. The van der Waals surface area contributed by atoms with Crippen LogP contribution in [-0.2, 0) is 23.1 Å². The molecule has 0 fully saturated rings. The van der Waals surface area contributed by atoms with Crippen molar-refractivity contribution in [1.82, 2.24) is 4.57 Å². The van der Waals surface area contributed by atoms with Crippen LogP contribution < -0.4 is 4.57 Å². The second-order valence-electron chi connectivity index (χ2n) is 6.54. The minimum absolute atomic E-state index is 0.153. The molecular formula is C20H31N2O2+. The van der Waals surface area contributed by atoms with Crippen LogP contribution in [0.15, 0.2) is 30.6 Å². The average Bonchev–Trinajstić information content (AvgIpc) is 2.90. The van der Waals surface area contributed by atoms with E-state index in [4.69, 9.17) is 4.74 Å². The number of nitrogens with zero attached hydrogens (tertiary/aromatic N) is 2. The number of carbonyl (C=O) groups is 1. The third-order valence-electron chi connectivity index (χ3n) is 4.44. The molecular weight excluding hydrogens is 300 g/mol. The minimum atomic E-state index is -0.153. The zero-order valence-corrected chi connectivity index (χ0v) is 15.2. The van der Waals surface area contributed by atoms with Crippen LogP contribution in [0, 0.1) is 0 Å². The van der Waals surface area contributed by atoms with Gasteiger partial charge in [-0.1, -0.05) is 64.0 Å². The van der Waals surface area contributed by atoms with Gasteiger partial charge in [-0.3, -0.25) is 0 Å². The maximum atomic E-state index is 12.0. The Balaban J connectivity index is 1.63. The zero-order valence-electron chi connectivity index (χ0n) is 15.2. The third-order valence-corrected chi connectivity index (χ3v) is 4.44. The van der Waals surface area contributed by atoms with Crippen molar-refractivity contribution in [2.45, 2.75) is 64.8 Å². The van der Waals surface area contributed by atoms with Gasteiger partial charge in [-0.2, -0.15) is 0 Å². The van der Waals surface area contributed by atoms with Gasteiger partial charge in [0, 0.05) is 0 Å². The van der Waals surface area contributed by atoms with E-state index in [9.17, 15) is 4.79 Å². The Morgan fingerprint density at radius 3 is 2.46 bits per heavy atom. The lowest BCUT2D eigenvalue weighted by molar-refractivity contribution is -0.645. The maximum Gasteiger partial charge on any atom is 0.348 e. The SMILES string of the molecule is CCCCCCCCCCOC(=O)Cn1c[n+](C)c2ccccc21. The number of benzene rings is 1. The Hall–Kier alpha value is -1.84. The number of esters is 1. The lowest BCUT2D eigenvalue weighted by Gasteiger charge is -2.04. The molecule has 24 heavy (non-hydrogen) atoms. The number of carbonyl (C=O) groups excluding carboxylic acids is 1. The first-order valence-corrected chi connectivity index (χ1v) is 9.31. The zero-order chi connectivity index (χ0) is 17.2. The van der Waals surface area contributed by atoms with E-state index in [0.29, 0.717) is 6.61 Å². The van der Waals surface area contributed by atoms with Gasteiger partial charge in [0.2, 0.25) is 6.33 Å². The highest BCUT2D eigenvalue weighted by atomic mass is 16.5. The minimum Gasteiger partial charge on any atom is -0.463 e. The van der Waals surface area contributed by atoms with E-state index in [1.54, 1.807) is 0 Å². The molecule has 0 amide bonds. The number of aryl methyl sites for hydroxylation is 1. The number of hydrogen-bond acceptors (Lipinski definition) is 2. The largest absolute Gasteiger partial charge is 0.463 e. The molecule has 0 aliphatic rings. The molecule has 0 bridgehead atoms. The molecule has 132 valence electrons. The Bertz CT molecular complexity index is 634. The summed E-state index contributed by atoms with van der Waals surface area (Å²) in [6.07, 6.45) is 12.0. The van der Waals surface area contributed by atoms with Crippen LogP contribution in [0.3, 0.4) is 0 Å². The second kappa shape index (κ2) is 10.1. The number of hydrogen-bond donors (Lipinski definition) is 0. The molecule has 2 aromatic rings. The smallest absolute Gasteiger partial charge is 0.348 e. The standard InChI is InChI=1S/C20H31N2O2/c1-3-4-5-6-7-8-9-12-15-24-20(23)16-22-17-21(2)18-13-10-11-14-19(18)22/h10-11,13-14,17H,3-9,12,15-16H2,1-2H3/q+1. The lowest BCUT2D eigenvalue weighted by Crippen LogP contribution is -2.26. The summed E-state index contributed by atoms with van der Waals surface area (Å²) in [5.41, 5.74) is 2.18. The van der Waals surface area contributed by atoms with Crippen molar-refractivity contribution in [2.75, 3.05) is 6.61 Å². The van der Waals surface area contributed by atoms with E-state index in [-0.39, 0.29) is 12.5 Å². The normalized spacial score (nSPS) is 11.1. The number of ether oxygens (including phenoxy) is 1. The summed E-state index contributed by atoms with van der Waals surface area (Å²) in [4.78, 5) is 12.0. The number of para-hydroxylation sites is 2. The first kappa shape index (κ1) is 18.5. The topological polar surface area (TPSA) is 35.1 Å². The quantitative estimate of drug-likeness (QED) is 0.352. The molecule has 0 atom stereocenters. The summed E-state index contributed by atoms with van der Waals surface area (Å²) in [6.45, 7) is 3.06. The van der Waals surface area contributed by atoms with Gasteiger partial charge in [0.15, 0.2) is 17.6 Å². The van der Waals surface area contributed by atoms with E-state index in [1.807, 2.05) is 40.7 Å². The number of imidazole rings is 1. The molecule has 0 radical (unpaired) electrons. The Kier molecular flexibility index (Phi) is 7.80. The van der Waals surface area contributed by atoms with Crippen LogP contribution >= 0.6 is 0 Å². The molecule has 2 rings (SSSR count). The van der Waals surface area contributed by atoms with Crippen molar-refractivity contribution >= 4 is 17.0 Å². The number of aromatic nitrogens is 2. The van der Waals surface area contributed by atoms with E-state index < -0.39 is 0 Å². The maximum absolute atomic E-state index is 12.0. The molecule has 1 aromatic carbocycles. The van der Waals surface area contributed by atoms with Crippen LogP contribution in [0.5, 0.6) is 0 Å². The highest BCUT2D eigenvalue weighted by molar-refractivity contribution is 5.75. The van der Waals surface area contributed by atoms with E-state index in [1.165, 1.54) is 38.5 Å². The molecule has 0 aliphatic carbocycles. The molecule has 1 heterocycles. The fourth-order valence-electron chi connectivity index (χ4n) is 3.07. The van der Waals surface area contributed by atoms with Crippen molar-refractivity contribution in [3.05, 3.63) is 30.6 Å². The van der Waals surface area contributed by atoms with Gasteiger partial charge in [-0.25, -0.2) is 13.9 Å². The van der Waals surface area contributed by atoms with Crippen molar-refractivity contribution in [1.29, 1.82) is 0 Å². The van der Waals surface area contributed by atoms with Gasteiger partial charge in [-0.05, 0) is 18.6 Å². The Morgan fingerprint density at radius 1 is 1.04 bits per heavy atom. The van der Waals surface area contributed by atoms with Crippen LogP contribution in [0.2, 0.25) is 0 Å². The van der Waals surface area contributed by atoms with E-state index in [0.717, 1.165) is 23.9 Å². The molecule has 0 N–H and O–H groups in total. The van der Waals surface area contributed by atoms with E-state index >= 15 is 0 Å². The summed E-state index contributed by atoms with van der Waals surface area (Å²) in [5, 5.41) is 0. The summed E-state index contributed by atoms with van der Waals surface area (Å²) in [6, 6.07) is 8.08. The molecule has 4 heteroatoms. The summed E-state index contributed by atoms with van der Waals surface area (Å²) in [5.74, 6) is -0.153. The predicted octanol–water partition coefficient (Wildman–Crippen LogP) is 4.15. The van der Waals surface area contributed by atoms with Gasteiger partial charge in [-0.15, -0.1) is 0 Å². The number of fused-ring (bicyclic) bond motifs is 1. The second-order valence-corrected chi connectivity index (χ2v) is 6.54. The fraction of sp³-hybridized carbons (Fsp3) is 0.600. The van der Waals surface area contributed by atoms with Crippen molar-refractivity contribution in [3.63, 3.8) is 0 Å². The van der Waals surface area contributed by atoms with Crippen LogP contribution in [0.25, 0.3) is 11.0 Å². The highest BCUT2D eigenvalue weighted by Gasteiger charge is 2.16. The highest BCUT2D eigenvalue weighted by Crippen LogP contribution is 2.11. The number of unbranched alkanes of at least 4 members (excludes halogenated alkanes) is 7. The molecule has 0 saturated heterocycles. The predicted molar refractivity (Wildman–Crippen MR) is 96.7 cm³/mol. The van der Waals surface area contributed by atoms with Gasteiger partial charge in [0.1, 0.15) is 0 Å². The molecule has 4 nitrogen and oxygen atoms in total. The molecule has 0 spiro atoms. The third kappa shape index (κ3) is 5.66. The number of rotatable bonds is 11. The van der Waals surface area contributed by atoms with Crippen LogP contribution in [0.1, 0.15) is 58.3 Å². The summed E-state index contributed by atoms with van der Waals surface area (Å²) < 4.78 is 9.36. The van der Waals surface area contributed by atoms with Gasteiger partial charge in [0.25, 0.3) is 0 Å². The van der Waals surface area contributed by atoms with Crippen molar-refractivity contribution in [2.24, 2.45) is 7.05 Å². The van der Waals surface area contributed by atoms with Gasteiger partial charge in [0.05, 0.1) is 13.7 Å². The molecule has 0 unspecified atom stereocenters. The van der Waals surface area contributed by atoms with Crippen molar-refractivity contribution < 1.29 is 14.1 Å². The Labute approximate surface area is 145 Å². The summed E-state index contributed by atoms with van der Waals surface area (Å²) >= 11 is 0. The molecule has 1 aromatic heterocycles. The Morgan fingerprint density at radius 2 is 1.71 bits per heavy atom.